The summed E-state index contributed by atoms with van der Waals surface area (Å²) in [7, 11) is 0. The van der Waals surface area contributed by atoms with Crippen molar-refractivity contribution >= 4 is 29.0 Å². The van der Waals surface area contributed by atoms with Gasteiger partial charge in [-0.15, -0.1) is 0 Å². The second-order valence-electron chi connectivity index (χ2n) is 3.29. The van der Waals surface area contributed by atoms with Crippen molar-refractivity contribution in [3.8, 4) is 0 Å². The van der Waals surface area contributed by atoms with Crippen molar-refractivity contribution in [2.45, 2.75) is 19.3 Å². The molecule has 4 heteroatoms. The lowest BCUT2D eigenvalue weighted by molar-refractivity contribution is -0.121. The van der Waals surface area contributed by atoms with Gasteiger partial charge in [-0.3, -0.25) is 4.79 Å². The van der Waals surface area contributed by atoms with E-state index in [1.165, 1.54) is 0 Å². The van der Waals surface area contributed by atoms with E-state index in [0.29, 0.717) is 29.3 Å². The Balaban J connectivity index is 2.50. The van der Waals surface area contributed by atoms with Gasteiger partial charge in [0, 0.05) is 16.5 Å². The van der Waals surface area contributed by atoms with Gasteiger partial charge in [-0.1, -0.05) is 23.2 Å². The first kappa shape index (κ1) is 12.5. The maximum atomic E-state index is 10.8. The van der Waals surface area contributed by atoms with E-state index in [2.05, 4.69) is 0 Å². The molecule has 0 aliphatic heterocycles. The maximum absolute atomic E-state index is 10.8. The number of ketones is 1. The number of rotatable bonds is 5. The highest BCUT2D eigenvalue weighted by atomic mass is 35.5. The molecule has 15 heavy (non-hydrogen) atoms. The predicted octanol–water partition coefficient (Wildman–Crippen LogP) is 2.88. The van der Waals surface area contributed by atoms with E-state index >= 15 is 0 Å². The first-order valence-electron chi connectivity index (χ1n) is 4.70. The molecule has 2 nitrogen and oxygen atoms in total. The van der Waals surface area contributed by atoms with E-state index in [9.17, 15) is 4.79 Å². The molecule has 0 spiro atoms. The zero-order valence-electron chi connectivity index (χ0n) is 8.17. The molecule has 1 aromatic carbocycles. The van der Waals surface area contributed by atoms with Gasteiger partial charge in [-0.25, -0.2) is 0 Å². The number of carbonyl (C=O) groups excluding carboxylic acids is 1. The van der Waals surface area contributed by atoms with Gasteiger partial charge in [0.05, 0.1) is 0 Å². The Bertz CT molecular complexity index is 350. The van der Waals surface area contributed by atoms with E-state index in [1.807, 2.05) is 0 Å². The van der Waals surface area contributed by atoms with Crippen LogP contribution in [0.3, 0.4) is 0 Å². The molecule has 82 valence electrons. The number of carbonyl (C=O) groups is 1. The van der Waals surface area contributed by atoms with E-state index in [0.717, 1.165) is 5.56 Å². The molecule has 1 rings (SSSR count). The zero-order chi connectivity index (χ0) is 11.3. The average molecular weight is 247 g/mol. The highest BCUT2D eigenvalue weighted by molar-refractivity contribution is 6.33. The number of hydrogen-bond donors (Lipinski definition) is 1. The van der Waals surface area contributed by atoms with E-state index in [1.54, 1.807) is 18.2 Å². The molecule has 0 heterocycles. The quantitative estimate of drug-likeness (QED) is 0.868. The lowest BCUT2D eigenvalue weighted by Gasteiger charge is -2.04. The summed E-state index contributed by atoms with van der Waals surface area (Å²) in [6.07, 6.45) is 1.75. The molecule has 0 fully saturated rings. The molecule has 0 aromatic heterocycles. The monoisotopic (exact) mass is 246 g/mol. The summed E-state index contributed by atoms with van der Waals surface area (Å²) >= 11 is 11.8. The van der Waals surface area contributed by atoms with Crippen LogP contribution in [0, 0.1) is 0 Å². The normalized spacial score (nSPS) is 10.3. The smallest absolute Gasteiger partial charge is 0.158 e. The first-order chi connectivity index (χ1) is 7.13. The highest BCUT2D eigenvalue weighted by Gasteiger charge is 2.03. The third kappa shape index (κ3) is 4.20. The van der Waals surface area contributed by atoms with Gasteiger partial charge in [-0.05, 0) is 36.6 Å². The van der Waals surface area contributed by atoms with Crippen molar-refractivity contribution < 1.29 is 9.90 Å². The van der Waals surface area contributed by atoms with Crippen molar-refractivity contribution in [3.63, 3.8) is 0 Å². The fraction of sp³-hybridized carbons (Fsp3) is 0.364. The highest BCUT2D eigenvalue weighted by Crippen LogP contribution is 2.22. The van der Waals surface area contributed by atoms with Crippen molar-refractivity contribution in [1.29, 1.82) is 0 Å². The fourth-order valence-electron chi connectivity index (χ4n) is 1.29. The number of Topliss-reactive ketones (excluding diaryl/α,β-unsaturated/α-hetero) is 1. The van der Waals surface area contributed by atoms with Crippen molar-refractivity contribution in [2.24, 2.45) is 0 Å². The lowest BCUT2D eigenvalue weighted by Crippen LogP contribution is -2.03. The second kappa shape index (κ2) is 6.11. The van der Waals surface area contributed by atoms with Crippen LogP contribution in [0.4, 0.5) is 0 Å². The summed E-state index contributed by atoms with van der Waals surface area (Å²) in [4.78, 5) is 10.8. The first-order valence-corrected chi connectivity index (χ1v) is 5.45. The van der Waals surface area contributed by atoms with Gasteiger partial charge in [0.2, 0.25) is 0 Å². The predicted molar refractivity (Wildman–Crippen MR) is 61.5 cm³/mol. The molecule has 0 aliphatic carbocycles. The molecular formula is C11H12Cl2O2. The summed E-state index contributed by atoms with van der Waals surface area (Å²) < 4.78 is 0. The largest absolute Gasteiger partial charge is 0.389 e. The van der Waals surface area contributed by atoms with Gasteiger partial charge in [-0.2, -0.15) is 0 Å². The molecule has 0 aliphatic rings. The standard InChI is InChI=1S/C11H12Cl2O2/c12-9-4-5-11(13)8(6-9)2-1-3-10(15)7-14/h4-6,14H,1-3,7H2. The number of aliphatic hydroxyl groups is 1. The zero-order valence-corrected chi connectivity index (χ0v) is 9.68. The number of aryl methyl sites for hydroxylation is 1. The molecule has 0 atom stereocenters. The lowest BCUT2D eigenvalue weighted by atomic mass is 10.1. The summed E-state index contributed by atoms with van der Waals surface area (Å²) in [6.45, 7) is -0.386. The Kier molecular flexibility index (Phi) is 5.09. The minimum atomic E-state index is -0.386. The third-order valence-corrected chi connectivity index (χ3v) is 2.69. The molecule has 0 unspecified atom stereocenters. The molecule has 0 radical (unpaired) electrons. The number of hydrogen-bond acceptors (Lipinski definition) is 2. The number of aliphatic hydroxyl groups excluding tert-OH is 1. The van der Waals surface area contributed by atoms with E-state index in [-0.39, 0.29) is 12.4 Å². The Morgan fingerprint density at radius 3 is 2.73 bits per heavy atom. The Morgan fingerprint density at radius 2 is 2.07 bits per heavy atom. The topological polar surface area (TPSA) is 37.3 Å². The number of benzene rings is 1. The van der Waals surface area contributed by atoms with Crippen LogP contribution in [-0.2, 0) is 11.2 Å². The molecule has 0 amide bonds. The molecule has 0 bridgehead atoms. The van der Waals surface area contributed by atoms with Crippen molar-refractivity contribution in [2.75, 3.05) is 6.61 Å². The molecule has 1 aromatic rings. The fourth-order valence-corrected chi connectivity index (χ4v) is 1.70. The Labute approximate surface area is 98.8 Å². The Hall–Kier alpha value is -0.570. The van der Waals surface area contributed by atoms with Crippen LogP contribution in [0.1, 0.15) is 18.4 Å². The summed E-state index contributed by atoms with van der Waals surface area (Å²) in [5.41, 5.74) is 0.940. The van der Waals surface area contributed by atoms with Gasteiger partial charge in [0.15, 0.2) is 5.78 Å². The van der Waals surface area contributed by atoms with Crippen LogP contribution in [0.25, 0.3) is 0 Å². The maximum Gasteiger partial charge on any atom is 0.158 e. The second-order valence-corrected chi connectivity index (χ2v) is 4.13. The van der Waals surface area contributed by atoms with E-state index in [4.69, 9.17) is 28.3 Å². The van der Waals surface area contributed by atoms with Gasteiger partial charge in [0.1, 0.15) is 6.61 Å². The molecule has 0 saturated heterocycles. The van der Waals surface area contributed by atoms with Crippen LogP contribution in [0.15, 0.2) is 18.2 Å². The van der Waals surface area contributed by atoms with Gasteiger partial charge >= 0.3 is 0 Å². The molecular weight excluding hydrogens is 235 g/mol. The average Bonchev–Trinajstić information content (AvgIpc) is 2.23. The SMILES string of the molecule is O=C(CO)CCCc1cc(Cl)ccc1Cl. The van der Waals surface area contributed by atoms with Gasteiger partial charge < -0.3 is 5.11 Å². The summed E-state index contributed by atoms with van der Waals surface area (Å²) in [6, 6.07) is 5.27. The Morgan fingerprint density at radius 1 is 1.33 bits per heavy atom. The van der Waals surface area contributed by atoms with Crippen molar-refractivity contribution in [1.82, 2.24) is 0 Å². The minimum absolute atomic E-state index is 0.145. The van der Waals surface area contributed by atoms with Crippen LogP contribution < -0.4 is 0 Å². The van der Waals surface area contributed by atoms with Crippen LogP contribution in [-0.4, -0.2) is 17.5 Å². The summed E-state index contributed by atoms with van der Waals surface area (Å²) in [5, 5.41) is 9.84. The molecule has 0 saturated carbocycles. The van der Waals surface area contributed by atoms with Crippen LogP contribution in [0.5, 0.6) is 0 Å². The van der Waals surface area contributed by atoms with Crippen LogP contribution in [0.2, 0.25) is 10.0 Å². The molecule has 1 N–H and O–H groups in total. The third-order valence-electron chi connectivity index (χ3n) is 2.09. The summed E-state index contributed by atoms with van der Waals surface area (Å²) in [5.74, 6) is -0.145. The van der Waals surface area contributed by atoms with Crippen LogP contribution >= 0.6 is 23.2 Å². The van der Waals surface area contributed by atoms with Gasteiger partial charge in [0.25, 0.3) is 0 Å². The van der Waals surface area contributed by atoms with Crippen molar-refractivity contribution in [3.05, 3.63) is 33.8 Å². The van der Waals surface area contributed by atoms with E-state index < -0.39 is 0 Å². The minimum Gasteiger partial charge on any atom is -0.389 e. The number of halogens is 2.